The van der Waals surface area contributed by atoms with Crippen LogP contribution in [0.3, 0.4) is 0 Å². The molecule has 4 amide bonds. The van der Waals surface area contributed by atoms with Crippen LogP contribution in [0.2, 0.25) is 0 Å². The van der Waals surface area contributed by atoms with E-state index in [0.29, 0.717) is 27.2 Å². The Morgan fingerprint density at radius 1 is 0.931 bits per heavy atom. The van der Waals surface area contributed by atoms with Gasteiger partial charge < -0.3 is 9.47 Å². The lowest BCUT2D eigenvalue weighted by molar-refractivity contribution is -0.122. The van der Waals surface area contributed by atoms with Crippen molar-refractivity contribution >= 4 is 45.5 Å². The predicted octanol–water partition coefficient (Wildman–Crippen LogP) is 3.75. The van der Waals surface area contributed by atoms with Crippen molar-refractivity contribution in [2.45, 2.75) is 13.8 Å². The van der Waals surface area contributed by atoms with E-state index >= 15 is 0 Å². The first kappa shape index (κ1) is 20.6. The SMILES string of the molecule is COc1cc(OC)c(C=C2C(=O)NC(=O)N(c3cc(C)cc(C)c3)C2=O)cc1Br. The summed E-state index contributed by atoms with van der Waals surface area (Å²) in [5, 5.41) is 2.22. The van der Waals surface area contributed by atoms with Gasteiger partial charge in [-0.1, -0.05) is 6.07 Å². The minimum atomic E-state index is -0.787. The van der Waals surface area contributed by atoms with Gasteiger partial charge in [0.1, 0.15) is 17.1 Å². The van der Waals surface area contributed by atoms with Gasteiger partial charge in [-0.3, -0.25) is 14.9 Å². The molecule has 0 bridgehead atoms. The van der Waals surface area contributed by atoms with Crippen LogP contribution in [0.1, 0.15) is 16.7 Å². The maximum Gasteiger partial charge on any atom is 0.335 e. The molecule has 2 aromatic rings. The first-order valence-corrected chi connectivity index (χ1v) is 9.45. The van der Waals surface area contributed by atoms with Crippen LogP contribution in [-0.4, -0.2) is 32.1 Å². The van der Waals surface area contributed by atoms with Crippen LogP contribution >= 0.6 is 15.9 Å². The number of aryl methyl sites for hydroxylation is 2. The summed E-state index contributed by atoms with van der Waals surface area (Å²) >= 11 is 3.38. The molecular weight excluding hydrogens is 440 g/mol. The van der Waals surface area contributed by atoms with E-state index in [1.54, 1.807) is 24.3 Å². The van der Waals surface area contributed by atoms with Gasteiger partial charge in [-0.2, -0.15) is 0 Å². The number of rotatable bonds is 4. The molecule has 1 N–H and O–H groups in total. The number of amides is 4. The van der Waals surface area contributed by atoms with Gasteiger partial charge in [0.25, 0.3) is 11.8 Å². The lowest BCUT2D eigenvalue weighted by atomic mass is 10.0. The third kappa shape index (κ3) is 4.02. The summed E-state index contributed by atoms with van der Waals surface area (Å²) in [5.74, 6) is -0.532. The third-order valence-electron chi connectivity index (χ3n) is 4.37. The molecule has 0 aromatic heterocycles. The van der Waals surface area contributed by atoms with E-state index in [4.69, 9.17) is 9.47 Å². The van der Waals surface area contributed by atoms with E-state index in [0.717, 1.165) is 16.0 Å². The monoisotopic (exact) mass is 458 g/mol. The standard InChI is InChI=1S/C21H19BrN2O5/c1-11-5-12(2)7-14(6-11)24-20(26)15(19(25)23-21(24)27)8-13-9-16(22)18(29-4)10-17(13)28-3/h5-10H,1-4H3,(H,23,25,27). The molecule has 0 aliphatic carbocycles. The van der Waals surface area contributed by atoms with Crippen molar-refractivity contribution in [1.82, 2.24) is 5.32 Å². The number of nitrogens with zero attached hydrogens (tertiary/aromatic N) is 1. The fraction of sp³-hybridized carbons (Fsp3) is 0.190. The van der Waals surface area contributed by atoms with Gasteiger partial charge in [-0.15, -0.1) is 0 Å². The molecule has 1 saturated heterocycles. The normalized spacial score (nSPS) is 15.6. The summed E-state index contributed by atoms with van der Waals surface area (Å²) in [6.45, 7) is 3.73. The summed E-state index contributed by atoms with van der Waals surface area (Å²) in [5.41, 5.74) is 2.48. The molecule has 0 radical (unpaired) electrons. The van der Waals surface area contributed by atoms with Crippen LogP contribution in [0.4, 0.5) is 10.5 Å². The molecule has 1 aliphatic heterocycles. The van der Waals surface area contributed by atoms with Crippen LogP contribution in [0.15, 0.2) is 40.4 Å². The summed E-state index contributed by atoms with van der Waals surface area (Å²) in [7, 11) is 2.99. The number of halogens is 1. The highest BCUT2D eigenvalue weighted by atomic mass is 79.9. The molecule has 8 heteroatoms. The van der Waals surface area contributed by atoms with E-state index in [9.17, 15) is 14.4 Å². The molecule has 2 aromatic carbocycles. The van der Waals surface area contributed by atoms with Gasteiger partial charge in [0.15, 0.2) is 0 Å². The highest BCUT2D eigenvalue weighted by Crippen LogP contribution is 2.34. The van der Waals surface area contributed by atoms with Crippen LogP contribution in [0.25, 0.3) is 6.08 Å². The largest absolute Gasteiger partial charge is 0.496 e. The first-order chi connectivity index (χ1) is 13.7. The van der Waals surface area contributed by atoms with Crippen molar-refractivity contribution in [3.8, 4) is 11.5 Å². The molecule has 1 fully saturated rings. The van der Waals surface area contributed by atoms with Crippen molar-refractivity contribution in [3.63, 3.8) is 0 Å². The Bertz CT molecular complexity index is 1040. The Balaban J connectivity index is 2.10. The zero-order valence-electron chi connectivity index (χ0n) is 16.3. The Labute approximate surface area is 176 Å². The minimum Gasteiger partial charge on any atom is -0.496 e. The molecule has 0 atom stereocenters. The fourth-order valence-corrected chi connectivity index (χ4v) is 3.65. The summed E-state index contributed by atoms with van der Waals surface area (Å²) in [6.07, 6.45) is 1.39. The van der Waals surface area contributed by atoms with Gasteiger partial charge in [-0.25, -0.2) is 9.69 Å². The van der Waals surface area contributed by atoms with E-state index in [2.05, 4.69) is 21.2 Å². The molecule has 3 rings (SSSR count). The molecule has 1 aliphatic rings. The Kier molecular flexibility index (Phi) is 5.74. The number of hydrogen-bond donors (Lipinski definition) is 1. The van der Waals surface area contributed by atoms with Crippen molar-refractivity contribution in [2.24, 2.45) is 0 Å². The Morgan fingerprint density at radius 3 is 2.14 bits per heavy atom. The Hall–Kier alpha value is -3.13. The molecule has 0 saturated carbocycles. The third-order valence-corrected chi connectivity index (χ3v) is 4.99. The van der Waals surface area contributed by atoms with Crippen LogP contribution in [0, 0.1) is 13.8 Å². The number of urea groups is 1. The number of anilines is 1. The second-order valence-corrected chi connectivity index (χ2v) is 7.39. The number of carbonyl (C=O) groups excluding carboxylic acids is 3. The predicted molar refractivity (Wildman–Crippen MR) is 112 cm³/mol. The molecule has 29 heavy (non-hydrogen) atoms. The number of benzene rings is 2. The lowest BCUT2D eigenvalue weighted by Gasteiger charge is -2.27. The number of nitrogens with one attached hydrogen (secondary N) is 1. The summed E-state index contributed by atoms with van der Waals surface area (Å²) < 4.78 is 11.2. The average Bonchev–Trinajstić information content (AvgIpc) is 2.64. The van der Waals surface area contributed by atoms with Crippen molar-refractivity contribution in [1.29, 1.82) is 0 Å². The number of carbonyl (C=O) groups is 3. The van der Waals surface area contributed by atoms with Crippen molar-refractivity contribution in [3.05, 3.63) is 57.1 Å². The molecule has 7 nitrogen and oxygen atoms in total. The van der Waals surface area contributed by atoms with Crippen molar-refractivity contribution < 1.29 is 23.9 Å². The summed E-state index contributed by atoms with van der Waals surface area (Å²) in [4.78, 5) is 38.8. The van der Waals surface area contributed by atoms with Crippen molar-refractivity contribution in [2.75, 3.05) is 19.1 Å². The fourth-order valence-electron chi connectivity index (χ4n) is 3.12. The molecule has 0 unspecified atom stereocenters. The number of imide groups is 2. The second kappa shape index (κ2) is 8.08. The number of hydrogen-bond acceptors (Lipinski definition) is 5. The van der Waals surface area contributed by atoms with E-state index < -0.39 is 17.8 Å². The van der Waals surface area contributed by atoms with Crippen LogP contribution in [-0.2, 0) is 9.59 Å². The zero-order valence-corrected chi connectivity index (χ0v) is 17.9. The average molecular weight is 459 g/mol. The lowest BCUT2D eigenvalue weighted by Crippen LogP contribution is -2.54. The summed E-state index contributed by atoms with van der Waals surface area (Å²) in [6, 6.07) is 7.87. The smallest absolute Gasteiger partial charge is 0.335 e. The number of barbiturate groups is 1. The van der Waals surface area contributed by atoms with Gasteiger partial charge in [0.05, 0.1) is 24.4 Å². The Morgan fingerprint density at radius 2 is 1.55 bits per heavy atom. The molecular formula is C21H19BrN2O5. The minimum absolute atomic E-state index is 0.181. The number of ether oxygens (including phenoxy) is 2. The van der Waals surface area contributed by atoms with E-state index in [1.807, 2.05) is 19.9 Å². The number of methoxy groups -OCH3 is 2. The highest BCUT2D eigenvalue weighted by molar-refractivity contribution is 9.10. The van der Waals surface area contributed by atoms with Crippen LogP contribution < -0.4 is 19.7 Å². The van der Waals surface area contributed by atoms with Gasteiger partial charge >= 0.3 is 6.03 Å². The maximum atomic E-state index is 13.1. The van der Waals surface area contributed by atoms with Gasteiger partial charge in [0.2, 0.25) is 0 Å². The molecule has 1 heterocycles. The van der Waals surface area contributed by atoms with Gasteiger partial charge in [0, 0.05) is 11.6 Å². The van der Waals surface area contributed by atoms with E-state index in [-0.39, 0.29) is 5.57 Å². The van der Waals surface area contributed by atoms with Gasteiger partial charge in [-0.05, 0) is 65.2 Å². The van der Waals surface area contributed by atoms with E-state index in [1.165, 1.54) is 20.3 Å². The molecule has 0 spiro atoms. The topological polar surface area (TPSA) is 84.9 Å². The molecule has 150 valence electrons. The maximum absolute atomic E-state index is 13.1. The first-order valence-electron chi connectivity index (χ1n) is 8.66. The second-order valence-electron chi connectivity index (χ2n) is 6.53. The quantitative estimate of drug-likeness (QED) is 0.556. The highest BCUT2D eigenvalue weighted by Gasteiger charge is 2.37. The van der Waals surface area contributed by atoms with Crippen LogP contribution in [0.5, 0.6) is 11.5 Å². The zero-order chi connectivity index (χ0) is 21.3.